The maximum atomic E-state index is 15.6. The Hall–Kier alpha value is -3.90. The predicted molar refractivity (Wildman–Crippen MR) is 142 cm³/mol. The molecule has 12 heteroatoms. The first-order chi connectivity index (χ1) is 18.9. The Balaban J connectivity index is 1.11. The number of anilines is 3. The van der Waals surface area contributed by atoms with Crippen molar-refractivity contribution in [1.29, 1.82) is 0 Å². The molecule has 2 N–H and O–H groups in total. The van der Waals surface area contributed by atoms with Crippen LogP contribution in [0.1, 0.15) is 35.7 Å². The molecule has 2 aromatic carbocycles. The molecule has 0 unspecified atom stereocenters. The molecule has 2 fully saturated rings. The molecule has 1 saturated heterocycles. The highest BCUT2D eigenvalue weighted by molar-refractivity contribution is 6.17. The molecule has 1 saturated carbocycles. The lowest BCUT2D eigenvalue weighted by Crippen LogP contribution is -2.46. The summed E-state index contributed by atoms with van der Waals surface area (Å²) in [7, 11) is 0. The SMILES string of the molecule is CCN1C(=O)Nc2c(F)c(CN3CCN(c4ccc(C(=O)NOCC5CC5)cc4F)CC3)cc3ncnc1c23. The molecule has 1 aliphatic carbocycles. The van der Waals surface area contributed by atoms with E-state index in [1.807, 2.05) is 11.8 Å². The van der Waals surface area contributed by atoms with Crippen molar-refractivity contribution in [3.63, 3.8) is 0 Å². The van der Waals surface area contributed by atoms with Crippen LogP contribution >= 0.6 is 0 Å². The van der Waals surface area contributed by atoms with Gasteiger partial charge in [-0.05, 0) is 49.9 Å². The van der Waals surface area contributed by atoms with Crippen molar-refractivity contribution < 1.29 is 23.2 Å². The lowest BCUT2D eigenvalue weighted by Gasteiger charge is -2.36. The number of nitrogens with one attached hydrogen (secondary N) is 2. The van der Waals surface area contributed by atoms with Gasteiger partial charge in [-0.2, -0.15) is 0 Å². The van der Waals surface area contributed by atoms with Crippen molar-refractivity contribution in [1.82, 2.24) is 20.3 Å². The zero-order chi connectivity index (χ0) is 27.1. The first-order valence-corrected chi connectivity index (χ1v) is 13.2. The van der Waals surface area contributed by atoms with Gasteiger partial charge in [0.2, 0.25) is 0 Å². The number of carbonyl (C=O) groups is 2. The fraction of sp³-hybridized carbons (Fsp3) is 0.407. The summed E-state index contributed by atoms with van der Waals surface area (Å²) >= 11 is 0. The molecule has 3 heterocycles. The van der Waals surface area contributed by atoms with Crippen LogP contribution in [0, 0.1) is 17.6 Å². The number of benzene rings is 2. The summed E-state index contributed by atoms with van der Waals surface area (Å²) in [4.78, 5) is 44.0. The molecule has 10 nitrogen and oxygen atoms in total. The molecule has 0 atom stereocenters. The molecule has 3 aromatic rings. The van der Waals surface area contributed by atoms with E-state index in [0.717, 1.165) is 12.8 Å². The van der Waals surface area contributed by atoms with Gasteiger partial charge >= 0.3 is 6.03 Å². The molecule has 3 aliphatic rings. The molecule has 39 heavy (non-hydrogen) atoms. The molecular weight excluding hydrogens is 508 g/mol. The maximum Gasteiger partial charge on any atom is 0.327 e. The Morgan fingerprint density at radius 2 is 1.95 bits per heavy atom. The largest absolute Gasteiger partial charge is 0.367 e. The summed E-state index contributed by atoms with van der Waals surface area (Å²) in [5, 5.41) is 3.16. The van der Waals surface area contributed by atoms with Crippen molar-refractivity contribution in [3.05, 3.63) is 53.4 Å². The number of piperazine rings is 1. The van der Waals surface area contributed by atoms with E-state index in [1.165, 1.54) is 17.3 Å². The average molecular weight is 538 g/mol. The van der Waals surface area contributed by atoms with Crippen LogP contribution in [0.4, 0.5) is 30.8 Å². The second-order valence-electron chi connectivity index (χ2n) is 10.1. The minimum absolute atomic E-state index is 0.107. The number of halogens is 2. The van der Waals surface area contributed by atoms with Crippen LogP contribution in [0.5, 0.6) is 0 Å². The molecule has 0 bridgehead atoms. The molecule has 0 radical (unpaired) electrons. The standard InChI is InChI=1S/C27H29F2N7O3/c1-2-36-25-22-20(30-15-31-25)12-18(23(29)24(22)32-27(36)38)13-34-7-9-35(10-8-34)21-6-5-17(11-19(21)28)26(37)33-39-14-16-3-4-16/h5-6,11-12,15-16H,2-4,7-10,13-14H2,1H3,(H,32,38)(H,33,37). The summed E-state index contributed by atoms with van der Waals surface area (Å²) in [6.07, 6.45) is 3.60. The summed E-state index contributed by atoms with van der Waals surface area (Å²) in [5.74, 6) is -0.547. The monoisotopic (exact) mass is 537 g/mol. The predicted octanol–water partition coefficient (Wildman–Crippen LogP) is 3.67. The van der Waals surface area contributed by atoms with Crippen LogP contribution in [0.25, 0.3) is 10.9 Å². The zero-order valence-corrected chi connectivity index (χ0v) is 21.5. The quantitative estimate of drug-likeness (QED) is 0.423. The molecule has 204 valence electrons. The summed E-state index contributed by atoms with van der Waals surface area (Å²) in [5.41, 5.74) is 4.08. The van der Waals surface area contributed by atoms with E-state index in [0.29, 0.717) is 79.8 Å². The summed E-state index contributed by atoms with van der Waals surface area (Å²) in [6, 6.07) is 5.69. The van der Waals surface area contributed by atoms with Gasteiger partial charge in [0.15, 0.2) is 5.82 Å². The van der Waals surface area contributed by atoms with E-state index in [9.17, 15) is 14.0 Å². The van der Waals surface area contributed by atoms with Crippen LogP contribution in [-0.4, -0.2) is 66.1 Å². The van der Waals surface area contributed by atoms with Gasteiger partial charge in [-0.1, -0.05) is 0 Å². The number of hydroxylamine groups is 1. The van der Waals surface area contributed by atoms with Gasteiger partial charge in [0.25, 0.3) is 5.91 Å². The number of hydrogen-bond donors (Lipinski definition) is 2. The zero-order valence-electron chi connectivity index (χ0n) is 21.5. The van der Waals surface area contributed by atoms with Crippen LogP contribution < -0.4 is 20.6 Å². The normalized spacial score (nSPS) is 17.5. The number of rotatable bonds is 8. The number of carbonyl (C=O) groups excluding carboxylic acids is 2. The van der Waals surface area contributed by atoms with Gasteiger partial charge in [-0.25, -0.2) is 29.0 Å². The first-order valence-electron chi connectivity index (χ1n) is 13.2. The lowest BCUT2D eigenvalue weighted by atomic mass is 10.1. The molecule has 3 amide bonds. The highest BCUT2D eigenvalue weighted by Crippen LogP contribution is 2.38. The van der Waals surface area contributed by atoms with Gasteiger partial charge in [0.1, 0.15) is 18.0 Å². The van der Waals surface area contributed by atoms with Crippen LogP contribution in [0.2, 0.25) is 0 Å². The Morgan fingerprint density at radius 3 is 2.67 bits per heavy atom. The highest BCUT2D eigenvalue weighted by atomic mass is 19.1. The van der Waals surface area contributed by atoms with E-state index >= 15 is 4.39 Å². The minimum atomic E-state index is -0.494. The summed E-state index contributed by atoms with van der Waals surface area (Å²) < 4.78 is 30.5. The number of nitrogens with zero attached hydrogens (tertiary/aromatic N) is 5. The molecule has 2 aliphatic heterocycles. The second kappa shape index (κ2) is 10.3. The van der Waals surface area contributed by atoms with Crippen LogP contribution in [0.15, 0.2) is 30.6 Å². The molecule has 1 aromatic heterocycles. The maximum absolute atomic E-state index is 15.6. The van der Waals surface area contributed by atoms with Gasteiger partial charge in [0.05, 0.1) is 28.9 Å². The Labute approximate surface area is 223 Å². The molecule has 0 spiro atoms. The second-order valence-corrected chi connectivity index (χ2v) is 10.1. The van der Waals surface area contributed by atoms with Gasteiger partial charge in [-0.3, -0.25) is 19.4 Å². The Bertz CT molecular complexity index is 1440. The van der Waals surface area contributed by atoms with E-state index < -0.39 is 23.6 Å². The van der Waals surface area contributed by atoms with Crippen molar-refractivity contribution in [2.75, 3.05) is 54.4 Å². The molecule has 6 rings (SSSR count). The first kappa shape index (κ1) is 25.4. The van der Waals surface area contributed by atoms with Crippen molar-refractivity contribution in [2.45, 2.75) is 26.3 Å². The lowest BCUT2D eigenvalue weighted by molar-refractivity contribution is 0.0270. The fourth-order valence-electron chi connectivity index (χ4n) is 5.10. The van der Waals surface area contributed by atoms with E-state index in [-0.39, 0.29) is 11.3 Å². The van der Waals surface area contributed by atoms with Gasteiger partial charge in [0, 0.05) is 50.4 Å². The number of amides is 3. The number of aromatic nitrogens is 2. The van der Waals surface area contributed by atoms with Gasteiger partial charge in [-0.15, -0.1) is 0 Å². The fourth-order valence-corrected chi connectivity index (χ4v) is 5.10. The Morgan fingerprint density at radius 1 is 1.15 bits per heavy atom. The third-order valence-corrected chi connectivity index (χ3v) is 7.47. The van der Waals surface area contributed by atoms with E-state index in [2.05, 4.69) is 25.7 Å². The average Bonchev–Trinajstić information content (AvgIpc) is 3.76. The third kappa shape index (κ3) is 4.97. The van der Waals surface area contributed by atoms with Crippen LogP contribution in [0.3, 0.4) is 0 Å². The number of hydrogen-bond acceptors (Lipinski definition) is 7. The van der Waals surface area contributed by atoms with Crippen molar-refractivity contribution in [2.24, 2.45) is 5.92 Å². The van der Waals surface area contributed by atoms with Gasteiger partial charge < -0.3 is 10.2 Å². The summed E-state index contributed by atoms with van der Waals surface area (Å²) in [6.45, 7) is 5.23. The third-order valence-electron chi connectivity index (χ3n) is 7.47. The smallest absolute Gasteiger partial charge is 0.327 e. The number of urea groups is 1. The molecular formula is C27H29F2N7O3. The Kier molecular flexibility index (Phi) is 6.73. The van der Waals surface area contributed by atoms with E-state index in [4.69, 9.17) is 4.84 Å². The van der Waals surface area contributed by atoms with Crippen molar-refractivity contribution in [3.8, 4) is 0 Å². The minimum Gasteiger partial charge on any atom is -0.367 e. The topological polar surface area (TPSA) is 103 Å². The highest BCUT2D eigenvalue weighted by Gasteiger charge is 2.30. The van der Waals surface area contributed by atoms with E-state index in [1.54, 1.807) is 18.2 Å². The van der Waals surface area contributed by atoms with Crippen molar-refractivity contribution >= 4 is 40.0 Å². The van der Waals surface area contributed by atoms with Crippen LogP contribution in [-0.2, 0) is 11.4 Å².